The van der Waals surface area contributed by atoms with Crippen LogP contribution in [0.15, 0.2) is 29.1 Å². The summed E-state index contributed by atoms with van der Waals surface area (Å²) in [6.07, 6.45) is 4.80. The Bertz CT molecular complexity index is 868. The van der Waals surface area contributed by atoms with E-state index < -0.39 is 0 Å². The summed E-state index contributed by atoms with van der Waals surface area (Å²) in [6.45, 7) is 0.598. The van der Waals surface area contributed by atoms with Gasteiger partial charge in [-0.15, -0.1) is 0 Å². The van der Waals surface area contributed by atoms with E-state index in [1.807, 2.05) is 28.8 Å². The maximum atomic E-state index is 12.8. The SMILES string of the molecule is O=C(C1CC1)N1[C@@H]2CC[C@H]1Cn1c(nc3ccccc3c1=O)C2. The molecule has 5 nitrogen and oxygen atoms in total. The van der Waals surface area contributed by atoms with Gasteiger partial charge in [0, 0.05) is 24.9 Å². The maximum Gasteiger partial charge on any atom is 0.261 e. The molecule has 0 unspecified atom stereocenters. The Morgan fingerprint density at radius 3 is 2.70 bits per heavy atom. The van der Waals surface area contributed by atoms with E-state index in [9.17, 15) is 9.59 Å². The summed E-state index contributed by atoms with van der Waals surface area (Å²) in [5.41, 5.74) is 0.804. The Hall–Kier alpha value is -2.17. The second-order valence-corrected chi connectivity index (χ2v) is 7.07. The van der Waals surface area contributed by atoms with Gasteiger partial charge in [0.1, 0.15) is 5.82 Å². The summed E-state index contributed by atoms with van der Waals surface area (Å²) < 4.78 is 1.82. The van der Waals surface area contributed by atoms with Crippen LogP contribution in [-0.2, 0) is 17.8 Å². The predicted octanol–water partition coefficient (Wildman–Crippen LogP) is 1.72. The van der Waals surface area contributed by atoms with Crippen LogP contribution in [-0.4, -0.2) is 32.4 Å². The summed E-state index contributed by atoms with van der Waals surface area (Å²) in [4.78, 5) is 32.3. The second-order valence-electron chi connectivity index (χ2n) is 7.07. The number of fused-ring (bicyclic) bond motifs is 4. The van der Waals surface area contributed by atoms with Gasteiger partial charge in [0.05, 0.1) is 16.9 Å². The van der Waals surface area contributed by atoms with Crippen LogP contribution in [0.25, 0.3) is 10.9 Å². The molecule has 2 bridgehead atoms. The molecule has 3 aliphatic rings. The Balaban J connectivity index is 1.62. The average Bonchev–Trinajstić information content (AvgIpc) is 3.33. The van der Waals surface area contributed by atoms with Crippen molar-refractivity contribution >= 4 is 16.8 Å². The van der Waals surface area contributed by atoms with Gasteiger partial charge in [-0.1, -0.05) is 12.1 Å². The molecule has 5 rings (SSSR count). The van der Waals surface area contributed by atoms with Gasteiger partial charge in [-0.3, -0.25) is 14.2 Å². The normalized spacial score (nSPS) is 26.2. The minimum absolute atomic E-state index is 0.0389. The second kappa shape index (κ2) is 4.66. The maximum absolute atomic E-state index is 12.8. The molecule has 0 radical (unpaired) electrons. The molecule has 2 aliphatic heterocycles. The van der Waals surface area contributed by atoms with Crippen molar-refractivity contribution in [3.63, 3.8) is 0 Å². The molecule has 0 spiro atoms. The zero-order valence-electron chi connectivity index (χ0n) is 12.9. The monoisotopic (exact) mass is 309 g/mol. The quantitative estimate of drug-likeness (QED) is 0.806. The average molecular weight is 309 g/mol. The van der Waals surface area contributed by atoms with Crippen LogP contribution in [0.4, 0.5) is 0 Å². The Morgan fingerprint density at radius 2 is 1.87 bits per heavy atom. The minimum Gasteiger partial charge on any atom is -0.334 e. The lowest BCUT2D eigenvalue weighted by Gasteiger charge is -2.27. The highest BCUT2D eigenvalue weighted by Gasteiger charge is 2.45. The van der Waals surface area contributed by atoms with Gasteiger partial charge in [-0.25, -0.2) is 4.98 Å². The molecule has 2 atom stereocenters. The van der Waals surface area contributed by atoms with Crippen LogP contribution in [0.2, 0.25) is 0 Å². The number of carbonyl (C=O) groups excluding carboxylic acids is 1. The van der Waals surface area contributed by atoms with E-state index in [2.05, 4.69) is 4.90 Å². The fraction of sp³-hybridized carbons (Fsp3) is 0.500. The van der Waals surface area contributed by atoms with Crippen molar-refractivity contribution in [2.24, 2.45) is 5.92 Å². The van der Waals surface area contributed by atoms with E-state index in [-0.39, 0.29) is 23.6 Å². The van der Waals surface area contributed by atoms with Gasteiger partial charge in [0.25, 0.3) is 5.56 Å². The van der Waals surface area contributed by atoms with Gasteiger partial charge in [0.15, 0.2) is 0 Å². The molecule has 2 fully saturated rings. The molecule has 1 saturated carbocycles. The number of hydrogen-bond acceptors (Lipinski definition) is 3. The van der Waals surface area contributed by atoms with Crippen LogP contribution in [0.5, 0.6) is 0 Å². The molecule has 1 aromatic carbocycles. The van der Waals surface area contributed by atoms with E-state index in [1.165, 1.54) is 0 Å². The molecule has 2 aromatic rings. The molecule has 5 heteroatoms. The van der Waals surface area contributed by atoms with E-state index in [0.717, 1.165) is 37.0 Å². The number of nitrogens with zero attached hydrogens (tertiary/aromatic N) is 3. The number of amides is 1. The number of carbonyl (C=O) groups is 1. The van der Waals surface area contributed by atoms with Crippen LogP contribution >= 0.6 is 0 Å². The van der Waals surface area contributed by atoms with Crippen molar-refractivity contribution in [1.29, 1.82) is 0 Å². The molecule has 1 aromatic heterocycles. The van der Waals surface area contributed by atoms with Gasteiger partial charge in [-0.2, -0.15) is 0 Å². The summed E-state index contributed by atoms with van der Waals surface area (Å²) in [7, 11) is 0. The highest BCUT2D eigenvalue weighted by Crippen LogP contribution is 2.38. The van der Waals surface area contributed by atoms with Crippen molar-refractivity contribution in [3.05, 3.63) is 40.4 Å². The molecular weight excluding hydrogens is 290 g/mol. The third kappa shape index (κ3) is 1.95. The van der Waals surface area contributed by atoms with Crippen molar-refractivity contribution < 1.29 is 4.79 Å². The molecule has 0 N–H and O–H groups in total. The minimum atomic E-state index is 0.0389. The third-order valence-electron chi connectivity index (χ3n) is 5.55. The van der Waals surface area contributed by atoms with E-state index in [4.69, 9.17) is 4.98 Å². The predicted molar refractivity (Wildman–Crippen MR) is 86.1 cm³/mol. The Kier molecular flexibility index (Phi) is 2.69. The Morgan fingerprint density at radius 1 is 1.09 bits per heavy atom. The van der Waals surface area contributed by atoms with Crippen LogP contribution in [0.3, 0.4) is 0 Å². The lowest BCUT2D eigenvalue weighted by atomic mass is 10.1. The highest BCUT2D eigenvalue weighted by atomic mass is 16.2. The lowest BCUT2D eigenvalue weighted by Crippen LogP contribution is -2.43. The number of hydrogen-bond donors (Lipinski definition) is 0. The number of benzene rings is 1. The number of aromatic nitrogens is 2. The third-order valence-corrected chi connectivity index (χ3v) is 5.55. The number of rotatable bonds is 1. The van der Waals surface area contributed by atoms with Crippen molar-refractivity contribution in [3.8, 4) is 0 Å². The molecule has 3 heterocycles. The van der Waals surface area contributed by atoms with Gasteiger partial charge >= 0.3 is 0 Å². The van der Waals surface area contributed by atoms with E-state index in [1.54, 1.807) is 0 Å². The molecular formula is C18H19N3O2. The fourth-order valence-electron chi connectivity index (χ4n) is 4.22. The molecule has 118 valence electrons. The smallest absolute Gasteiger partial charge is 0.261 e. The van der Waals surface area contributed by atoms with Crippen LogP contribution in [0, 0.1) is 5.92 Å². The molecule has 23 heavy (non-hydrogen) atoms. The fourth-order valence-corrected chi connectivity index (χ4v) is 4.22. The van der Waals surface area contributed by atoms with Gasteiger partial charge < -0.3 is 4.90 Å². The largest absolute Gasteiger partial charge is 0.334 e. The van der Waals surface area contributed by atoms with E-state index >= 15 is 0 Å². The lowest BCUT2D eigenvalue weighted by molar-refractivity contribution is -0.135. The van der Waals surface area contributed by atoms with Crippen LogP contribution in [0.1, 0.15) is 31.5 Å². The van der Waals surface area contributed by atoms with E-state index in [0.29, 0.717) is 24.3 Å². The molecule has 1 saturated heterocycles. The molecule has 1 amide bonds. The van der Waals surface area contributed by atoms with Gasteiger partial charge in [-0.05, 0) is 37.8 Å². The zero-order valence-corrected chi connectivity index (χ0v) is 12.9. The summed E-state index contributed by atoms with van der Waals surface area (Å²) in [6, 6.07) is 7.91. The number of para-hydroxylation sites is 1. The van der Waals surface area contributed by atoms with Crippen LogP contribution < -0.4 is 5.56 Å². The topological polar surface area (TPSA) is 55.2 Å². The van der Waals surface area contributed by atoms with Crippen molar-refractivity contribution in [1.82, 2.24) is 14.5 Å². The highest BCUT2D eigenvalue weighted by molar-refractivity contribution is 5.82. The van der Waals surface area contributed by atoms with Crippen molar-refractivity contribution in [2.45, 2.75) is 50.7 Å². The first-order valence-electron chi connectivity index (χ1n) is 8.53. The zero-order chi connectivity index (χ0) is 15.6. The first-order valence-corrected chi connectivity index (χ1v) is 8.53. The standard InChI is InChI=1S/C18H19N3O2/c22-17(11-5-6-11)21-12-7-8-13(21)10-20-16(9-12)19-15-4-2-1-3-14(15)18(20)23/h1-4,11-13H,5-10H2/t12-,13+/m1/s1. The first-order chi connectivity index (χ1) is 11.2. The Labute approximate surface area is 133 Å². The first kappa shape index (κ1) is 13.3. The van der Waals surface area contributed by atoms with Crippen molar-refractivity contribution in [2.75, 3.05) is 0 Å². The summed E-state index contributed by atoms with van der Waals surface area (Å²) in [5.74, 6) is 1.39. The summed E-state index contributed by atoms with van der Waals surface area (Å²) >= 11 is 0. The molecule has 1 aliphatic carbocycles. The summed E-state index contributed by atoms with van der Waals surface area (Å²) in [5, 5.41) is 0.675. The van der Waals surface area contributed by atoms with Gasteiger partial charge in [0.2, 0.25) is 5.91 Å².